The Balaban J connectivity index is 1.60. The van der Waals surface area contributed by atoms with Gasteiger partial charge in [-0.3, -0.25) is 14.9 Å². The van der Waals surface area contributed by atoms with Crippen molar-refractivity contribution in [3.63, 3.8) is 0 Å². The van der Waals surface area contributed by atoms with Crippen LogP contribution in [0.2, 0.25) is 0 Å². The number of nitrogens with one attached hydrogen (secondary N) is 1. The van der Waals surface area contributed by atoms with E-state index in [0.717, 1.165) is 38.1 Å². The lowest BCUT2D eigenvalue weighted by atomic mass is 9.94. The quantitative estimate of drug-likeness (QED) is 0.691. The molecule has 0 radical (unpaired) electrons. The normalized spacial score (nSPS) is 26.0. The predicted molar refractivity (Wildman–Crippen MR) is 107 cm³/mol. The summed E-state index contributed by atoms with van der Waals surface area (Å²) in [7, 11) is 0. The van der Waals surface area contributed by atoms with Crippen molar-refractivity contribution < 1.29 is 9.59 Å². The first-order valence-electron chi connectivity index (χ1n) is 10.1. The lowest BCUT2D eigenvalue weighted by Gasteiger charge is -2.44. The number of piperidine rings is 1. The maximum Gasteiger partial charge on any atom is 0.241 e. The van der Waals surface area contributed by atoms with E-state index in [2.05, 4.69) is 18.2 Å². The molecular formula is C20H33N3O2S. The number of nitrogens with zero attached hydrogens (tertiary/aromatic N) is 2. The molecule has 6 heteroatoms. The maximum atomic E-state index is 12.8. The molecule has 1 atom stereocenters. The lowest BCUT2D eigenvalue weighted by molar-refractivity contribution is -0.137. The third-order valence-corrected chi connectivity index (χ3v) is 6.97. The maximum absolute atomic E-state index is 12.8. The Labute approximate surface area is 161 Å². The highest BCUT2D eigenvalue weighted by atomic mass is 32.2. The molecule has 2 heterocycles. The van der Waals surface area contributed by atoms with E-state index in [0.29, 0.717) is 24.8 Å². The molecule has 1 spiro atoms. The first kappa shape index (κ1) is 19.7. The number of hydrogen-bond acceptors (Lipinski definition) is 4. The van der Waals surface area contributed by atoms with Gasteiger partial charge in [0.25, 0.3) is 0 Å². The van der Waals surface area contributed by atoms with E-state index >= 15 is 0 Å². The number of amides is 2. The average molecular weight is 380 g/mol. The fraction of sp³-hybridized carbons (Fsp3) is 0.800. The molecule has 0 aromatic rings. The standard InChI is InChI=1S/C20H33N3O2S/c1-3-11-23-19(25)17(8-14-26-2)21-20(23)9-12-22(13-10-20)18(24)15-16-6-4-5-7-16/h3,16-17,21H,1,4-15H2,2H3. The van der Waals surface area contributed by atoms with Crippen LogP contribution in [0.25, 0.3) is 0 Å². The molecular weight excluding hydrogens is 346 g/mol. The number of carbonyl (C=O) groups is 2. The van der Waals surface area contributed by atoms with E-state index in [4.69, 9.17) is 0 Å². The molecule has 2 amide bonds. The van der Waals surface area contributed by atoms with Crippen molar-refractivity contribution in [3.8, 4) is 0 Å². The van der Waals surface area contributed by atoms with Crippen molar-refractivity contribution in [1.82, 2.24) is 15.1 Å². The molecule has 1 aliphatic carbocycles. The van der Waals surface area contributed by atoms with Crippen LogP contribution in [0, 0.1) is 5.92 Å². The van der Waals surface area contributed by atoms with E-state index in [1.165, 1.54) is 25.7 Å². The first-order valence-corrected chi connectivity index (χ1v) is 11.5. The molecule has 1 saturated carbocycles. The Bertz CT molecular complexity index is 525. The summed E-state index contributed by atoms with van der Waals surface area (Å²) in [4.78, 5) is 29.5. The minimum Gasteiger partial charge on any atom is -0.342 e. The summed E-state index contributed by atoms with van der Waals surface area (Å²) in [5.41, 5.74) is -0.293. The van der Waals surface area contributed by atoms with Gasteiger partial charge in [-0.05, 0) is 37.2 Å². The zero-order valence-electron chi connectivity index (χ0n) is 16.0. The largest absolute Gasteiger partial charge is 0.342 e. The number of thioether (sulfide) groups is 1. The van der Waals surface area contributed by atoms with Crippen LogP contribution in [0.1, 0.15) is 51.4 Å². The van der Waals surface area contributed by atoms with Gasteiger partial charge in [-0.2, -0.15) is 11.8 Å². The van der Waals surface area contributed by atoms with Gasteiger partial charge in [0.2, 0.25) is 11.8 Å². The molecule has 0 aromatic carbocycles. The molecule has 146 valence electrons. The summed E-state index contributed by atoms with van der Waals surface area (Å²) >= 11 is 1.78. The molecule has 3 fully saturated rings. The van der Waals surface area contributed by atoms with Crippen LogP contribution in [-0.4, -0.2) is 65.0 Å². The Morgan fingerprint density at radius 1 is 1.35 bits per heavy atom. The molecule has 3 rings (SSSR count). The van der Waals surface area contributed by atoms with Crippen molar-refractivity contribution in [2.24, 2.45) is 5.92 Å². The van der Waals surface area contributed by atoms with E-state index in [9.17, 15) is 9.59 Å². The average Bonchev–Trinajstić information content (AvgIpc) is 3.23. The Kier molecular flexibility index (Phi) is 6.67. The van der Waals surface area contributed by atoms with Crippen LogP contribution < -0.4 is 5.32 Å². The molecule has 0 bridgehead atoms. The second-order valence-corrected chi connectivity index (χ2v) is 8.97. The van der Waals surface area contributed by atoms with Crippen molar-refractivity contribution in [2.75, 3.05) is 31.6 Å². The van der Waals surface area contributed by atoms with Gasteiger partial charge in [0.15, 0.2) is 0 Å². The van der Waals surface area contributed by atoms with Crippen molar-refractivity contribution in [3.05, 3.63) is 12.7 Å². The Hall–Kier alpha value is -1.01. The molecule has 1 N–H and O–H groups in total. The summed E-state index contributed by atoms with van der Waals surface area (Å²) < 4.78 is 0. The predicted octanol–water partition coefficient (Wildman–Crippen LogP) is 2.62. The summed E-state index contributed by atoms with van der Waals surface area (Å²) in [6.45, 7) is 5.90. The SMILES string of the molecule is C=CCN1C(=O)C(CCSC)NC12CCN(C(=O)CC1CCCC1)CC2. The van der Waals surface area contributed by atoms with E-state index < -0.39 is 0 Å². The Morgan fingerprint density at radius 3 is 2.65 bits per heavy atom. The molecule has 2 aliphatic heterocycles. The number of hydrogen-bond donors (Lipinski definition) is 1. The highest BCUT2D eigenvalue weighted by Gasteiger charge is 2.51. The third kappa shape index (κ3) is 4.11. The van der Waals surface area contributed by atoms with Crippen molar-refractivity contribution in [1.29, 1.82) is 0 Å². The van der Waals surface area contributed by atoms with Crippen LogP contribution in [0.4, 0.5) is 0 Å². The van der Waals surface area contributed by atoms with Crippen molar-refractivity contribution in [2.45, 2.75) is 63.1 Å². The van der Waals surface area contributed by atoms with Gasteiger partial charge >= 0.3 is 0 Å². The van der Waals surface area contributed by atoms with Crippen LogP contribution in [0.5, 0.6) is 0 Å². The van der Waals surface area contributed by atoms with Crippen LogP contribution in [-0.2, 0) is 9.59 Å². The first-order chi connectivity index (χ1) is 12.6. The fourth-order valence-corrected chi connectivity index (χ4v) is 5.29. The minimum atomic E-state index is -0.293. The van der Waals surface area contributed by atoms with Gasteiger partial charge in [0, 0.05) is 38.9 Å². The monoisotopic (exact) mass is 379 g/mol. The zero-order valence-corrected chi connectivity index (χ0v) is 16.9. The van der Waals surface area contributed by atoms with E-state index in [1.54, 1.807) is 11.8 Å². The van der Waals surface area contributed by atoms with Gasteiger partial charge in [0.05, 0.1) is 11.7 Å². The zero-order chi connectivity index (χ0) is 18.6. The highest BCUT2D eigenvalue weighted by molar-refractivity contribution is 7.98. The number of likely N-dealkylation sites (tertiary alicyclic amines) is 1. The van der Waals surface area contributed by atoms with Gasteiger partial charge in [-0.15, -0.1) is 6.58 Å². The third-order valence-electron chi connectivity index (χ3n) is 6.33. The summed E-state index contributed by atoms with van der Waals surface area (Å²) in [5.74, 6) is 2.08. The van der Waals surface area contributed by atoms with E-state index in [1.807, 2.05) is 15.9 Å². The second-order valence-electron chi connectivity index (χ2n) is 7.98. The lowest BCUT2D eigenvalue weighted by Crippen LogP contribution is -2.59. The second kappa shape index (κ2) is 8.79. The smallest absolute Gasteiger partial charge is 0.241 e. The molecule has 3 aliphatic rings. The summed E-state index contributed by atoms with van der Waals surface area (Å²) in [6.07, 6.45) is 12.1. The highest BCUT2D eigenvalue weighted by Crippen LogP contribution is 2.34. The van der Waals surface area contributed by atoms with Crippen LogP contribution >= 0.6 is 11.8 Å². The van der Waals surface area contributed by atoms with Crippen LogP contribution in [0.15, 0.2) is 12.7 Å². The topological polar surface area (TPSA) is 52.7 Å². The van der Waals surface area contributed by atoms with Gasteiger partial charge in [-0.25, -0.2) is 0 Å². The minimum absolute atomic E-state index is 0.0943. The number of rotatable bonds is 7. The molecule has 26 heavy (non-hydrogen) atoms. The summed E-state index contributed by atoms with van der Waals surface area (Å²) in [5, 5.41) is 3.64. The van der Waals surface area contributed by atoms with E-state index in [-0.39, 0.29) is 17.6 Å². The van der Waals surface area contributed by atoms with Crippen molar-refractivity contribution >= 4 is 23.6 Å². The van der Waals surface area contributed by atoms with Gasteiger partial charge < -0.3 is 9.80 Å². The van der Waals surface area contributed by atoms with Gasteiger partial charge in [0.1, 0.15) is 0 Å². The van der Waals surface area contributed by atoms with Gasteiger partial charge in [-0.1, -0.05) is 18.9 Å². The molecule has 0 aromatic heterocycles. The fourth-order valence-electron chi connectivity index (χ4n) is 4.82. The molecule has 2 saturated heterocycles. The number of carbonyl (C=O) groups excluding carboxylic acids is 2. The molecule has 5 nitrogen and oxygen atoms in total. The molecule has 1 unspecified atom stereocenters. The summed E-state index contributed by atoms with van der Waals surface area (Å²) in [6, 6.07) is -0.0943. The van der Waals surface area contributed by atoms with Crippen LogP contribution in [0.3, 0.4) is 0 Å². The Morgan fingerprint density at radius 2 is 2.04 bits per heavy atom.